The molecule has 40 heavy (non-hydrogen) atoms. The van der Waals surface area contributed by atoms with Gasteiger partial charge in [-0.25, -0.2) is 0 Å². The minimum atomic E-state index is -2.57. The molecule has 0 saturated heterocycles. The Morgan fingerprint density at radius 1 is 0.950 bits per heavy atom. The third kappa shape index (κ3) is 13.6. The van der Waals surface area contributed by atoms with Gasteiger partial charge in [0.1, 0.15) is 24.6 Å². The number of Topliss-reactive ketones (excluding diaryl/α,β-unsaturated/α-hetero) is 1. The van der Waals surface area contributed by atoms with Crippen LogP contribution in [0.4, 0.5) is 0 Å². The standard InChI is InChI=1S/C27H45NO10SSi/c1-21(26(28)31)20-39-18-12-24(29)37-16-17-38-27(2,3)25(30)22-8-10-23(11-9-22)36-15-14-35-13-7-19-40(32-4,33-5)34-6/h8-11,21H,7,12-20H2,1-6H3,(H2,28,31). The SMILES string of the molecule is CO[Si](CCCOCCOc1ccc(C(=O)C(C)(C)OCCOC(=O)CCSCC(C)C(N)=O)cc1)(OC)OC. The summed E-state index contributed by atoms with van der Waals surface area (Å²) in [6, 6.07) is 7.49. The highest BCUT2D eigenvalue weighted by atomic mass is 32.2. The quantitative estimate of drug-likeness (QED) is 0.0853. The van der Waals surface area contributed by atoms with E-state index in [0.717, 1.165) is 6.42 Å². The maximum Gasteiger partial charge on any atom is 0.500 e. The van der Waals surface area contributed by atoms with Crippen molar-refractivity contribution >= 4 is 38.2 Å². The van der Waals surface area contributed by atoms with E-state index in [4.69, 9.17) is 38.0 Å². The molecule has 0 aliphatic rings. The van der Waals surface area contributed by atoms with Gasteiger partial charge in [-0.2, -0.15) is 11.8 Å². The number of carbonyl (C=O) groups excluding carboxylic acids is 3. The van der Waals surface area contributed by atoms with Crippen LogP contribution in [0.1, 0.15) is 44.0 Å². The van der Waals surface area contributed by atoms with E-state index in [1.807, 2.05) is 0 Å². The van der Waals surface area contributed by atoms with Crippen molar-refractivity contribution in [1.29, 1.82) is 0 Å². The molecule has 0 aliphatic carbocycles. The number of nitrogens with two attached hydrogens (primary N) is 1. The van der Waals surface area contributed by atoms with E-state index in [-0.39, 0.29) is 43.2 Å². The summed E-state index contributed by atoms with van der Waals surface area (Å²) in [4.78, 5) is 35.8. The maximum absolute atomic E-state index is 12.9. The lowest BCUT2D eigenvalue weighted by Gasteiger charge is -2.24. The number of primary amides is 1. The number of rotatable bonds is 23. The van der Waals surface area contributed by atoms with Gasteiger partial charge < -0.3 is 38.0 Å². The van der Waals surface area contributed by atoms with Crippen LogP contribution in [0.25, 0.3) is 0 Å². The topological polar surface area (TPSA) is 142 Å². The summed E-state index contributed by atoms with van der Waals surface area (Å²) >= 11 is 1.47. The van der Waals surface area contributed by atoms with Gasteiger partial charge in [0.15, 0.2) is 5.78 Å². The lowest BCUT2D eigenvalue weighted by molar-refractivity contribution is -0.145. The third-order valence-corrected chi connectivity index (χ3v) is 10.0. The summed E-state index contributed by atoms with van der Waals surface area (Å²) in [5, 5.41) is 0. The van der Waals surface area contributed by atoms with Crippen molar-refractivity contribution in [2.24, 2.45) is 11.7 Å². The van der Waals surface area contributed by atoms with Crippen molar-refractivity contribution in [2.75, 3.05) is 65.9 Å². The fourth-order valence-electron chi connectivity index (χ4n) is 3.41. The number of ether oxygens (including phenoxy) is 4. The molecule has 228 valence electrons. The molecule has 0 radical (unpaired) electrons. The Bertz CT molecular complexity index is 888. The van der Waals surface area contributed by atoms with Crippen LogP contribution in [0.15, 0.2) is 24.3 Å². The summed E-state index contributed by atoms with van der Waals surface area (Å²) in [6.45, 7) is 6.55. The molecule has 0 aromatic heterocycles. The maximum atomic E-state index is 12.9. The van der Waals surface area contributed by atoms with Gasteiger partial charge in [-0.1, -0.05) is 6.92 Å². The first-order valence-corrected chi connectivity index (χ1v) is 16.3. The molecular formula is C27H45NO10SSi. The fraction of sp³-hybridized carbons (Fsp3) is 0.667. The Morgan fingerprint density at radius 2 is 1.60 bits per heavy atom. The second-order valence-corrected chi connectivity index (χ2v) is 13.7. The summed E-state index contributed by atoms with van der Waals surface area (Å²) in [5.41, 5.74) is 4.60. The highest BCUT2D eigenvalue weighted by Crippen LogP contribution is 2.20. The van der Waals surface area contributed by atoms with E-state index in [9.17, 15) is 14.4 Å². The molecule has 0 heterocycles. The molecule has 0 fully saturated rings. The van der Waals surface area contributed by atoms with E-state index < -0.39 is 14.4 Å². The van der Waals surface area contributed by atoms with Crippen molar-refractivity contribution in [2.45, 2.75) is 45.3 Å². The molecule has 0 aliphatic heterocycles. The number of hydrogen-bond donors (Lipinski definition) is 1. The molecule has 1 aromatic carbocycles. The van der Waals surface area contributed by atoms with Crippen LogP contribution in [-0.2, 0) is 37.1 Å². The predicted molar refractivity (Wildman–Crippen MR) is 155 cm³/mol. The van der Waals surface area contributed by atoms with Gasteiger partial charge in [0.2, 0.25) is 5.91 Å². The zero-order valence-corrected chi connectivity index (χ0v) is 26.3. The molecule has 2 N–H and O–H groups in total. The molecule has 0 spiro atoms. The summed E-state index contributed by atoms with van der Waals surface area (Å²) in [7, 11) is 2.18. The van der Waals surface area contributed by atoms with Crippen LogP contribution in [0.5, 0.6) is 5.75 Å². The first-order chi connectivity index (χ1) is 19.0. The fourth-order valence-corrected chi connectivity index (χ4v) is 6.09. The second kappa shape index (κ2) is 19.2. The van der Waals surface area contributed by atoms with Crippen LogP contribution in [0, 0.1) is 5.92 Å². The Balaban J connectivity index is 2.28. The molecule has 13 heteroatoms. The van der Waals surface area contributed by atoms with Crippen LogP contribution in [0.3, 0.4) is 0 Å². The Kier molecular flexibility index (Phi) is 17.3. The van der Waals surface area contributed by atoms with Crippen LogP contribution in [-0.4, -0.2) is 97.9 Å². The summed E-state index contributed by atoms with van der Waals surface area (Å²) < 4.78 is 38.3. The van der Waals surface area contributed by atoms with Crippen LogP contribution in [0.2, 0.25) is 6.04 Å². The molecule has 0 bridgehead atoms. The van der Waals surface area contributed by atoms with Crippen molar-refractivity contribution in [1.82, 2.24) is 0 Å². The van der Waals surface area contributed by atoms with Gasteiger partial charge in [0.05, 0.1) is 19.6 Å². The van der Waals surface area contributed by atoms with Gasteiger partial charge in [-0.15, -0.1) is 0 Å². The normalized spacial score (nSPS) is 12.7. The smallest absolute Gasteiger partial charge is 0.491 e. The molecule has 1 rings (SSSR count). The first kappa shape index (κ1) is 36.0. The molecule has 1 aromatic rings. The molecule has 1 atom stereocenters. The summed E-state index contributed by atoms with van der Waals surface area (Å²) in [6.07, 6.45) is 0.968. The van der Waals surface area contributed by atoms with E-state index in [1.54, 1.807) is 66.4 Å². The number of esters is 1. The Hall–Kier alpha value is -2.00. The molecule has 0 saturated carbocycles. The number of benzene rings is 1. The average Bonchev–Trinajstić information content (AvgIpc) is 2.95. The highest BCUT2D eigenvalue weighted by Gasteiger charge is 2.36. The molecular weight excluding hydrogens is 558 g/mol. The van der Waals surface area contributed by atoms with Gasteiger partial charge >= 0.3 is 14.8 Å². The minimum Gasteiger partial charge on any atom is -0.491 e. The average molecular weight is 604 g/mol. The van der Waals surface area contributed by atoms with Crippen LogP contribution < -0.4 is 10.5 Å². The van der Waals surface area contributed by atoms with Crippen molar-refractivity contribution in [3.63, 3.8) is 0 Å². The van der Waals surface area contributed by atoms with E-state index >= 15 is 0 Å². The van der Waals surface area contributed by atoms with E-state index in [2.05, 4.69) is 0 Å². The van der Waals surface area contributed by atoms with Gasteiger partial charge in [-0.05, 0) is 44.5 Å². The third-order valence-electron chi connectivity index (χ3n) is 5.98. The van der Waals surface area contributed by atoms with Gasteiger partial charge in [0, 0.05) is 57.0 Å². The monoisotopic (exact) mass is 603 g/mol. The minimum absolute atomic E-state index is 0.0424. The van der Waals surface area contributed by atoms with E-state index in [0.29, 0.717) is 48.7 Å². The van der Waals surface area contributed by atoms with Crippen molar-refractivity contribution in [3.8, 4) is 5.75 Å². The highest BCUT2D eigenvalue weighted by molar-refractivity contribution is 7.99. The molecule has 11 nitrogen and oxygen atoms in total. The number of hydrogen-bond acceptors (Lipinski definition) is 11. The zero-order valence-electron chi connectivity index (χ0n) is 24.5. The van der Waals surface area contributed by atoms with Crippen LogP contribution >= 0.6 is 11.8 Å². The molecule has 1 unspecified atom stereocenters. The predicted octanol–water partition coefficient (Wildman–Crippen LogP) is 3.12. The number of thioether (sulfide) groups is 1. The lowest BCUT2D eigenvalue weighted by atomic mass is 9.96. The number of amides is 1. The molecule has 1 amide bonds. The van der Waals surface area contributed by atoms with Crippen molar-refractivity contribution in [3.05, 3.63) is 29.8 Å². The van der Waals surface area contributed by atoms with E-state index in [1.165, 1.54) is 11.8 Å². The number of ketones is 1. The largest absolute Gasteiger partial charge is 0.500 e. The van der Waals surface area contributed by atoms with Crippen molar-refractivity contribution < 1.29 is 46.6 Å². The zero-order chi connectivity index (χ0) is 30.0. The first-order valence-electron chi connectivity index (χ1n) is 13.2. The summed E-state index contributed by atoms with van der Waals surface area (Å²) in [5.74, 6) is 0.564. The van der Waals surface area contributed by atoms with Gasteiger partial charge in [-0.3, -0.25) is 14.4 Å². The van der Waals surface area contributed by atoms with Gasteiger partial charge in [0.25, 0.3) is 0 Å². The Labute approximate surface area is 243 Å². The second-order valence-electron chi connectivity index (χ2n) is 9.42. The number of carbonyl (C=O) groups is 3. The Morgan fingerprint density at radius 3 is 2.20 bits per heavy atom. The lowest BCUT2D eigenvalue weighted by Crippen LogP contribution is -2.42.